The maximum absolute atomic E-state index is 6.00. The molecule has 0 saturated carbocycles. The summed E-state index contributed by atoms with van der Waals surface area (Å²) in [6, 6.07) is 15.8. The first-order chi connectivity index (χ1) is 11.3. The van der Waals surface area contributed by atoms with E-state index in [2.05, 4.69) is 20.0 Å². The van der Waals surface area contributed by atoms with Crippen LogP contribution in [0.4, 0.5) is 0 Å². The van der Waals surface area contributed by atoms with Crippen molar-refractivity contribution >= 4 is 38.8 Å². The van der Waals surface area contributed by atoms with E-state index in [9.17, 15) is 0 Å². The molecule has 23 heavy (non-hydrogen) atoms. The van der Waals surface area contributed by atoms with Crippen LogP contribution < -0.4 is 0 Å². The van der Waals surface area contributed by atoms with Gasteiger partial charge < -0.3 is 0 Å². The van der Waals surface area contributed by atoms with Crippen molar-refractivity contribution in [2.24, 2.45) is 0 Å². The first kappa shape index (κ1) is 13.0. The summed E-state index contributed by atoms with van der Waals surface area (Å²) in [5, 5.41) is 12.6. The minimum absolute atomic E-state index is 0.723. The van der Waals surface area contributed by atoms with Gasteiger partial charge in [-0.25, -0.2) is 4.98 Å². The number of hydrogen-bond acceptors (Lipinski definition) is 4. The Bertz CT molecular complexity index is 1130. The third-order valence-corrected chi connectivity index (χ3v) is 4.96. The number of aromatic nitrogens is 4. The van der Waals surface area contributed by atoms with E-state index in [1.807, 2.05) is 48.5 Å². The summed E-state index contributed by atoms with van der Waals surface area (Å²) in [6.45, 7) is 0. The second-order valence-corrected chi connectivity index (χ2v) is 6.52. The molecule has 110 valence electrons. The zero-order chi connectivity index (χ0) is 15.4. The van der Waals surface area contributed by atoms with Gasteiger partial charge in [0.05, 0.1) is 11.2 Å². The average molecular weight is 337 g/mol. The molecule has 0 amide bonds. The van der Waals surface area contributed by atoms with E-state index in [-0.39, 0.29) is 0 Å². The van der Waals surface area contributed by atoms with E-state index >= 15 is 0 Å². The molecule has 0 saturated heterocycles. The Kier molecular flexibility index (Phi) is 2.68. The zero-order valence-electron chi connectivity index (χ0n) is 11.8. The number of hydrogen-bond donors (Lipinski definition) is 0. The van der Waals surface area contributed by atoms with Crippen molar-refractivity contribution in [1.82, 2.24) is 19.6 Å². The Morgan fingerprint density at radius 2 is 1.78 bits per heavy atom. The van der Waals surface area contributed by atoms with Crippen LogP contribution in [0.2, 0.25) is 5.02 Å². The summed E-state index contributed by atoms with van der Waals surface area (Å²) in [5.41, 5.74) is 3.88. The summed E-state index contributed by atoms with van der Waals surface area (Å²) in [6.07, 6.45) is 0. The Balaban J connectivity index is 1.88. The molecular weight excluding hydrogens is 328 g/mol. The van der Waals surface area contributed by atoms with Gasteiger partial charge in [-0.3, -0.25) is 4.40 Å². The summed E-state index contributed by atoms with van der Waals surface area (Å²) >= 11 is 7.55. The third-order valence-electron chi connectivity index (χ3n) is 3.89. The first-order valence-corrected chi connectivity index (χ1v) is 8.34. The molecule has 2 aliphatic heterocycles. The average Bonchev–Trinajstić information content (AvgIpc) is 3.16. The van der Waals surface area contributed by atoms with E-state index in [0.717, 1.165) is 43.7 Å². The van der Waals surface area contributed by atoms with Gasteiger partial charge in [0.25, 0.3) is 0 Å². The standard InChI is InChI=1S/C17H9ClN4S/c18-11-7-5-10(6-8-11)14-9-23-17-21-20-15-12-3-1-2-4-13(12)19-16(15)22(14)17/h1-9H. The monoisotopic (exact) mass is 336 g/mol. The maximum Gasteiger partial charge on any atom is 0.216 e. The molecule has 0 spiro atoms. The van der Waals surface area contributed by atoms with Gasteiger partial charge in [-0.2, -0.15) is 0 Å². The summed E-state index contributed by atoms with van der Waals surface area (Å²) < 4.78 is 2.07. The Morgan fingerprint density at radius 1 is 0.957 bits per heavy atom. The number of benzene rings is 2. The lowest BCUT2D eigenvalue weighted by molar-refractivity contribution is 0.989. The van der Waals surface area contributed by atoms with Crippen LogP contribution in [-0.2, 0) is 0 Å². The quantitative estimate of drug-likeness (QED) is 0.443. The SMILES string of the molecule is Clc1ccc(-c2csc3nnc4c5ccccc5nc-4n23)cc1. The number of halogens is 1. The predicted molar refractivity (Wildman–Crippen MR) is 93.2 cm³/mol. The van der Waals surface area contributed by atoms with Crippen molar-refractivity contribution in [2.45, 2.75) is 0 Å². The molecule has 3 aromatic rings. The van der Waals surface area contributed by atoms with Crippen LogP contribution in [0.1, 0.15) is 0 Å². The van der Waals surface area contributed by atoms with E-state index < -0.39 is 0 Å². The molecule has 0 fully saturated rings. The molecule has 0 atom stereocenters. The van der Waals surface area contributed by atoms with E-state index in [1.54, 1.807) is 11.3 Å². The normalized spacial score (nSPS) is 11.7. The number of nitrogens with zero attached hydrogens (tertiary/aromatic N) is 4. The van der Waals surface area contributed by atoms with Crippen LogP contribution in [0, 0.1) is 0 Å². The van der Waals surface area contributed by atoms with Crippen LogP contribution in [0.25, 0.3) is 38.6 Å². The molecule has 0 N–H and O–H groups in total. The van der Waals surface area contributed by atoms with Gasteiger partial charge in [-0.15, -0.1) is 21.5 Å². The highest BCUT2D eigenvalue weighted by Gasteiger charge is 2.20. The first-order valence-electron chi connectivity index (χ1n) is 7.08. The fraction of sp³-hybridized carbons (Fsp3) is 0. The molecule has 3 heterocycles. The molecule has 1 aromatic heterocycles. The third kappa shape index (κ3) is 1.87. The van der Waals surface area contributed by atoms with Crippen molar-refractivity contribution < 1.29 is 0 Å². The van der Waals surface area contributed by atoms with E-state index in [1.165, 1.54) is 0 Å². The van der Waals surface area contributed by atoms with Crippen molar-refractivity contribution in [3.8, 4) is 22.8 Å². The Morgan fingerprint density at radius 3 is 2.65 bits per heavy atom. The predicted octanol–water partition coefficient (Wildman–Crippen LogP) is 4.76. The van der Waals surface area contributed by atoms with Gasteiger partial charge in [-0.1, -0.05) is 41.9 Å². The second-order valence-electron chi connectivity index (χ2n) is 5.25. The molecule has 2 aliphatic rings. The summed E-state index contributed by atoms with van der Waals surface area (Å²) in [7, 11) is 0. The van der Waals surface area contributed by atoms with Crippen molar-refractivity contribution in [3.63, 3.8) is 0 Å². The van der Waals surface area contributed by atoms with Gasteiger partial charge in [0.2, 0.25) is 4.96 Å². The minimum Gasteiger partial charge on any atom is -0.266 e. The summed E-state index contributed by atoms with van der Waals surface area (Å²) in [5.74, 6) is 0.836. The maximum atomic E-state index is 6.00. The van der Waals surface area contributed by atoms with Gasteiger partial charge in [-0.05, 0) is 23.8 Å². The number of fused-ring (bicyclic) bond motifs is 5. The minimum atomic E-state index is 0.723. The van der Waals surface area contributed by atoms with Gasteiger partial charge in [0, 0.05) is 15.8 Å². The lowest BCUT2D eigenvalue weighted by Gasteiger charge is -2.05. The van der Waals surface area contributed by atoms with Crippen LogP contribution in [-0.4, -0.2) is 19.6 Å². The van der Waals surface area contributed by atoms with Crippen LogP contribution in [0.3, 0.4) is 0 Å². The van der Waals surface area contributed by atoms with Gasteiger partial charge >= 0.3 is 0 Å². The highest BCUT2D eigenvalue weighted by atomic mass is 35.5. The summed E-state index contributed by atoms with van der Waals surface area (Å²) in [4.78, 5) is 5.58. The number of rotatable bonds is 1. The van der Waals surface area contributed by atoms with Crippen LogP contribution in [0.5, 0.6) is 0 Å². The fourth-order valence-electron chi connectivity index (χ4n) is 2.81. The van der Waals surface area contributed by atoms with Crippen molar-refractivity contribution in [2.75, 3.05) is 0 Å². The van der Waals surface area contributed by atoms with Gasteiger partial charge in [0.15, 0.2) is 5.82 Å². The number of para-hydroxylation sites is 1. The Labute approximate surface area is 140 Å². The van der Waals surface area contributed by atoms with Crippen LogP contribution in [0.15, 0.2) is 53.9 Å². The molecule has 2 aromatic carbocycles. The number of thiazole rings is 1. The molecule has 0 unspecified atom stereocenters. The van der Waals surface area contributed by atoms with E-state index in [0.29, 0.717) is 0 Å². The smallest absolute Gasteiger partial charge is 0.216 e. The molecule has 0 bridgehead atoms. The van der Waals surface area contributed by atoms with Crippen LogP contribution >= 0.6 is 22.9 Å². The molecule has 0 aliphatic carbocycles. The molecule has 5 rings (SSSR count). The molecular formula is C17H9ClN4S. The largest absolute Gasteiger partial charge is 0.266 e. The lowest BCUT2D eigenvalue weighted by atomic mass is 10.2. The fourth-order valence-corrected chi connectivity index (χ4v) is 3.78. The Hall–Kier alpha value is -2.50. The topological polar surface area (TPSA) is 43.1 Å². The second kappa shape index (κ2) is 4.75. The lowest BCUT2D eigenvalue weighted by Crippen LogP contribution is -1.99. The van der Waals surface area contributed by atoms with Gasteiger partial charge in [0.1, 0.15) is 5.69 Å². The molecule has 4 nitrogen and oxygen atoms in total. The van der Waals surface area contributed by atoms with Crippen molar-refractivity contribution in [3.05, 3.63) is 58.9 Å². The van der Waals surface area contributed by atoms with Crippen molar-refractivity contribution in [1.29, 1.82) is 0 Å². The molecule has 6 heteroatoms. The molecule has 0 radical (unpaired) electrons. The van der Waals surface area contributed by atoms with E-state index in [4.69, 9.17) is 16.6 Å². The highest BCUT2D eigenvalue weighted by molar-refractivity contribution is 7.15. The highest BCUT2D eigenvalue weighted by Crippen LogP contribution is 2.34. The zero-order valence-corrected chi connectivity index (χ0v) is 13.3.